The molecule has 0 aliphatic rings. The fourth-order valence-electron chi connectivity index (χ4n) is 2.78. The number of nitrogens with one attached hydrogen (secondary N) is 2. The minimum atomic E-state index is -0.473. The molecule has 0 radical (unpaired) electrons. The molecule has 4 nitrogen and oxygen atoms in total. The van der Waals surface area contributed by atoms with E-state index in [0.717, 1.165) is 10.2 Å². The maximum absolute atomic E-state index is 13.1. The number of hydrogen-bond acceptors (Lipinski definition) is 4. The van der Waals surface area contributed by atoms with Gasteiger partial charge in [-0.3, -0.25) is 10.1 Å². The van der Waals surface area contributed by atoms with Crippen molar-refractivity contribution in [2.75, 3.05) is 5.32 Å². The second kappa shape index (κ2) is 8.65. The molecule has 0 spiro atoms. The number of fused-ring (bicyclic) bond motifs is 1. The molecular weight excluding hydrogens is 464 g/mol. The van der Waals surface area contributed by atoms with E-state index >= 15 is 0 Å². The van der Waals surface area contributed by atoms with Crippen LogP contribution in [0.4, 0.5) is 10.1 Å². The van der Waals surface area contributed by atoms with E-state index in [0.29, 0.717) is 26.3 Å². The number of thiocarbonyl (C=S) groups is 1. The lowest BCUT2D eigenvalue weighted by molar-refractivity contribution is 0.0977. The number of carbonyl (C=O) groups excluding carboxylic acids is 1. The summed E-state index contributed by atoms with van der Waals surface area (Å²) in [5.41, 5.74) is 2.26. The van der Waals surface area contributed by atoms with Crippen molar-refractivity contribution < 1.29 is 9.18 Å². The molecule has 1 aromatic heterocycles. The van der Waals surface area contributed by atoms with Crippen LogP contribution in [0.15, 0.2) is 60.7 Å². The van der Waals surface area contributed by atoms with Gasteiger partial charge in [0.05, 0.1) is 20.9 Å². The third-order valence-corrected chi connectivity index (χ3v) is 5.94. The summed E-state index contributed by atoms with van der Waals surface area (Å²) in [5.74, 6) is -0.903. The average molecular weight is 476 g/mol. The van der Waals surface area contributed by atoms with Gasteiger partial charge >= 0.3 is 0 Å². The number of rotatable bonds is 3. The van der Waals surface area contributed by atoms with E-state index < -0.39 is 11.7 Å². The van der Waals surface area contributed by atoms with Crippen molar-refractivity contribution in [2.24, 2.45) is 0 Å². The SMILES string of the molecule is O=C(NC(=S)Nc1c(Cl)cc(Cl)cc1-c1nc2ccccc2s1)c1ccc(F)cc1. The van der Waals surface area contributed by atoms with Gasteiger partial charge in [0.25, 0.3) is 5.91 Å². The monoisotopic (exact) mass is 475 g/mol. The highest BCUT2D eigenvalue weighted by Gasteiger charge is 2.17. The van der Waals surface area contributed by atoms with E-state index in [1.165, 1.54) is 35.6 Å². The first-order valence-electron chi connectivity index (χ1n) is 8.63. The minimum Gasteiger partial charge on any atom is -0.331 e. The summed E-state index contributed by atoms with van der Waals surface area (Å²) < 4.78 is 14.1. The third kappa shape index (κ3) is 4.44. The van der Waals surface area contributed by atoms with Gasteiger partial charge in [0, 0.05) is 16.1 Å². The highest BCUT2D eigenvalue weighted by atomic mass is 35.5. The fourth-order valence-corrected chi connectivity index (χ4v) is 4.50. The van der Waals surface area contributed by atoms with Crippen LogP contribution < -0.4 is 10.6 Å². The highest BCUT2D eigenvalue weighted by molar-refractivity contribution is 7.80. The zero-order valence-electron chi connectivity index (χ0n) is 15.1. The van der Waals surface area contributed by atoms with Crippen LogP contribution in [0.3, 0.4) is 0 Å². The van der Waals surface area contributed by atoms with Crippen LogP contribution in [0.1, 0.15) is 10.4 Å². The summed E-state index contributed by atoms with van der Waals surface area (Å²) >= 11 is 19.4. The second-order valence-corrected chi connectivity index (χ2v) is 8.49. The van der Waals surface area contributed by atoms with Gasteiger partial charge in [-0.05, 0) is 60.7 Å². The van der Waals surface area contributed by atoms with E-state index in [-0.39, 0.29) is 10.7 Å². The standard InChI is InChI=1S/C21H12Cl2FN3OS2/c22-12-9-14(20-25-16-3-1-2-4-17(16)30-20)18(15(23)10-12)26-21(29)27-19(28)11-5-7-13(24)8-6-11/h1-10H,(H2,26,27,28,29). The summed E-state index contributed by atoms with van der Waals surface area (Å²) in [4.78, 5) is 17.0. The minimum absolute atomic E-state index is 0.0379. The van der Waals surface area contributed by atoms with Gasteiger partial charge in [-0.25, -0.2) is 9.37 Å². The average Bonchev–Trinajstić information content (AvgIpc) is 3.14. The van der Waals surface area contributed by atoms with Crippen LogP contribution in [0, 0.1) is 5.82 Å². The summed E-state index contributed by atoms with van der Waals surface area (Å²) in [5, 5.41) is 7.04. The maximum Gasteiger partial charge on any atom is 0.257 e. The number of hydrogen-bond donors (Lipinski definition) is 2. The summed E-state index contributed by atoms with van der Waals surface area (Å²) in [6.45, 7) is 0. The number of amides is 1. The van der Waals surface area contributed by atoms with Gasteiger partial charge in [-0.2, -0.15) is 0 Å². The lowest BCUT2D eigenvalue weighted by atomic mass is 10.2. The second-order valence-electron chi connectivity index (χ2n) is 6.21. The summed E-state index contributed by atoms with van der Waals surface area (Å²) in [6.07, 6.45) is 0. The maximum atomic E-state index is 13.1. The Bertz CT molecular complexity index is 1240. The summed E-state index contributed by atoms with van der Waals surface area (Å²) in [7, 11) is 0. The van der Waals surface area contributed by atoms with Crippen molar-refractivity contribution in [1.82, 2.24) is 10.3 Å². The summed E-state index contributed by atoms with van der Waals surface area (Å²) in [6, 6.07) is 16.2. The number of para-hydroxylation sites is 1. The van der Waals surface area contributed by atoms with E-state index in [1.54, 1.807) is 12.1 Å². The Morgan fingerprint density at radius 1 is 1.07 bits per heavy atom. The Kier molecular flexibility index (Phi) is 5.97. The molecule has 1 heterocycles. The molecular formula is C21H12Cl2FN3OS2. The number of halogens is 3. The molecule has 1 amide bonds. The zero-order chi connectivity index (χ0) is 21.3. The van der Waals surface area contributed by atoms with E-state index in [4.69, 9.17) is 35.4 Å². The fraction of sp³-hybridized carbons (Fsp3) is 0. The first-order chi connectivity index (χ1) is 14.4. The molecule has 0 bridgehead atoms. The van der Waals surface area contributed by atoms with E-state index in [1.807, 2.05) is 24.3 Å². The van der Waals surface area contributed by atoms with Crippen LogP contribution in [-0.2, 0) is 0 Å². The Morgan fingerprint density at radius 3 is 2.53 bits per heavy atom. The molecule has 4 aromatic rings. The van der Waals surface area contributed by atoms with Crippen molar-refractivity contribution in [3.63, 3.8) is 0 Å². The Labute approximate surface area is 190 Å². The molecule has 2 N–H and O–H groups in total. The van der Waals surface area contributed by atoms with Gasteiger partial charge in [-0.1, -0.05) is 35.3 Å². The molecule has 30 heavy (non-hydrogen) atoms. The zero-order valence-corrected chi connectivity index (χ0v) is 18.2. The number of carbonyl (C=O) groups is 1. The molecule has 0 saturated carbocycles. The molecule has 4 rings (SSSR count). The number of thiazole rings is 1. The molecule has 0 saturated heterocycles. The van der Waals surface area contributed by atoms with Crippen molar-refractivity contribution >= 4 is 73.7 Å². The number of anilines is 1. The molecule has 9 heteroatoms. The van der Waals surface area contributed by atoms with Crippen LogP contribution in [0.25, 0.3) is 20.8 Å². The predicted octanol–water partition coefficient (Wildman–Crippen LogP) is 6.54. The molecule has 150 valence electrons. The Balaban J connectivity index is 1.63. The van der Waals surface area contributed by atoms with E-state index in [2.05, 4.69) is 15.6 Å². The third-order valence-electron chi connectivity index (χ3n) is 4.15. The molecule has 0 aliphatic carbocycles. The smallest absolute Gasteiger partial charge is 0.257 e. The van der Waals surface area contributed by atoms with Gasteiger partial charge in [-0.15, -0.1) is 11.3 Å². The quantitative estimate of drug-likeness (QED) is 0.330. The lowest BCUT2D eigenvalue weighted by Gasteiger charge is -2.14. The van der Waals surface area contributed by atoms with Gasteiger partial charge in [0.2, 0.25) is 0 Å². The number of benzene rings is 3. The van der Waals surface area contributed by atoms with E-state index in [9.17, 15) is 9.18 Å². The molecule has 0 fully saturated rings. The molecule has 0 atom stereocenters. The van der Waals surface area contributed by atoms with Crippen LogP contribution >= 0.6 is 46.8 Å². The molecule has 0 unspecified atom stereocenters. The number of nitrogens with zero attached hydrogens (tertiary/aromatic N) is 1. The molecule has 0 aliphatic heterocycles. The normalized spacial score (nSPS) is 10.8. The van der Waals surface area contributed by atoms with Crippen molar-refractivity contribution in [3.8, 4) is 10.6 Å². The van der Waals surface area contributed by atoms with Gasteiger partial charge in [0.1, 0.15) is 10.8 Å². The first kappa shape index (κ1) is 20.7. The largest absolute Gasteiger partial charge is 0.331 e. The lowest BCUT2D eigenvalue weighted by Crippen LogP contribution is -2.34. The van der Waals surface area contributed by atoms with Gasteiger partial charge in [0.15, 0.2) is 5.11 Å². The predicted molar refractivity (Wildman–Crippen MR) is 125 cm³/mol. The number of aromatic nitrogens is 1. The Morgan fingerprint density at radius 2 is 1.80 bits per heavy atom. The Hall–Kier alpha value is -2.58. The molecule has 3 aromatic carbocycles. The van der Waals surface area contributed by atoms with Crippen molar-refractivity contribution in [1.29, 1.82) is 0 Å². The van der Waals surface area contributed by atoms with Gasteiger partial charge < -0.3 is 5.32 Å². The first-order valence-corrected chi connectivity index (χ1v) is 10.6. The van der Waals surface area contributed by atoms with Crippen LogP contribution in [0.2, 0.25) is 10.0 Å². The van der Waals surface area contributed by atoms with Crippen LogP contribution in [0.5, 0.6) is 0 Å². The van der Waals surface area contributed by atoms with Crippen LogP contribution in [-0.4, -0.2) is 16.0 Å². The van der Waals surface area contributed by atoms with Crippen molar-refractivity contribution in [3.05, 3.63) is 82.1 Å². The van der Waals surface area contributed by atoms with Crippen molar-refractivity contribution in [2.45, 2.75) is 0 Å². The topological polar surface area (TPSA) is 54.0 Å². The highest BCUT2D eigenvalue weighted by Crippen LogP contribution is 2.40.